The molecule has 0 radical (unpaired) electrons. The number of rotatable bonds is 6. The second-order valence-electron chi connectivity index (χ2n) is 6.55. The van der Waals surface area contributed by atoms with Crippen molar-refractivity contribution in [3.63, 3.8) is 0 Å². The molecule has 1 aromatic carbocycles. The van der Waals surface area contributed by atoms with Crippen LogP contribution in [0.5, 0.6) is 0 Å². The fourth-order valence-corrected chi connectivity index (χ4v) is 4.94. The Labute approximate surface area is 158 Å². The number of sulfone groups is 1. The molecule has 2 heterocycles. The summed E-state index contributed by atoms with van der Waals surface area (Å²) in [6, 6.07) is 8.08. The Kier molecular flexibility index (Phi) is 5.31. The van der Waals surface area contributed by atoms with Crippen molar-refractivity contribution in [3.05, 3.63) is 41.6 Å². The Hall–Kier alpha value is -2.68. The second kappa shape index (κ2) is 7.51. The first kappa shape index (κ1) is 19.1. The zero-order chi connectivity index (χ0) is 19.6. The van der Waals surface area contributed by atoms with E-state index in [4.69, 9.17) is 5.11 Å². The lowest BCUT2D eigenvalue weighted by molar-refractivity contribution is 0.0697. The first-order valence-corrected chi connectivity index (χ1v) is 10.5. The van der Waals surface area contributed by atoms with Crippen molar-refractivity contribution < 1.29 is 18.3 Å². The molecule has 1 fully saturated rings. The molecule has 1 aromatic heterocycles. The lowest BCUT2D eigenvalue weighted by atomic mass is 10.2. The number of hydrogen-bond acceptors (Lipinski definition) is 7. The van der Waals surface area contributed by atoms with Gasteiger partial charge in [-0.05, 0) is 38.5 Å². The summed E-state index contributed by atoms with van der Waals surface area (Å²) in [5.41, 5.74) is 1.51. The zero-order valence-electron chi connectivity index (χ0n) is 15.2. The molecule has 2 N–H and O–H groups in total. The van der Waals surface area contributed by atoms with Crippen LogP contribution in [0, 0.1) is 6.92 Å². The molecule has 0 amide bonds. The van der Waals surface area contributed by atoms with Gasteiger partial charge in [-0.25, -0.2) is 18.2 Å². The molecule has 9 heteroatoms. The van der Waals surface area contributed by atoms with Gasteiger partial charge in [0.25, 0.3) is 0 Å². The van der Waals surface area contributed by atoms with Crippen LogP contribution < -0.4 is 10.2 Å². The monoisotopic (exact) mass is 390 g/mol. The summed E-state index contributed by atoms with van der Waals surface area (Å²) in [7, 11) is -3.01. The van der Waals surface area contributed by atoms with Gasteiger partial charge in [-0.3, -0.25) is 0 Å². The first-order valence-electron chi connectivity index (χ1n) is 8.70. The molecule has 0 saturated carbocycles. The van der Waals surface area contributed by atoms with E-state index >= 15 is 0 Å². The Morgan fingerprint density at radius 1 is 1.33 bits per heavy atom. The summed E-state index contributed by atoms with van der Waals surface area (Å²) in [6.07, 6.45) is 0.566. The number of aryl methyl sites for hydroxylation is 1. The Morgan fingerprint density at radius 2 is 2.11 bits per heavy atom. The van der Waals surface area contributed by atoms with Crippen molar-refractivity contribution in [2.24, 2.45) is 0 Å². The van der Waals surface area contributed by atoms with Gasteiger partial charge in [0.05, 0.1) is 17.1 Å². The number of carbonyl (C=O) groups is 1. The molecular weight excluding hydrogens is 368 g/mol. The highest BCUT2D eigenvalue weighted by Gasteiger charge is 2.33. The fourth-order valence-electron chi connectivity index (χ4n) is 3.21. The Morgan fingerprint density at radius 3 is 2.74 bits per heavy atom. The number of nitrogens with zero attached hydrogens (tertiary/aromatic N) is 3. The molecular formula is C18H22N4O4S. The third-order valence-electron chi connectivity index (χ3n) is 4.47. The molecule has 1 atom stereocenters. The van der Waals surface area contributed by atoms with Gasteiger partial charge in [0.1, 0.15) is 5.82 Å². The van der Waals surface area contributed by atoms with E-state index in [1.165, 1.54) is 12.1 Å². The van der Waals surface area contributed by atoms with Crippen LogP contribution in [0.4, 0.5) is 17.5 Å². The summed E-state index contributed by atoms with van der Waals surface area (Å²) in [5, 5.41) is 12.2. The molecule has 2 aromatic rings. The maximum atomic E-state index is 11.8. The van der Waals surface area contributed by atoms with Gasteiger partial charge < -0.3 is 15.3 Å². The lowest BCUT2D eigenvalue weighted by Crippen LogP contribution is -2.37. The van der Waals surface area contributed by atoms with Crippen LogP contribution in [0.2, 0.25) is 0 Å². The standard InChI is InChI=1S/C18H22N4O4S/c1-3-22(15-7-8-27(25,26)11-15)18-19-12(2)9-16(21-18)20-14-6-4-5-13(10-14)17(23)24/h4-6,9-10,15H,3,7-8,11H2,1-2H3,(H,23,24)(H,19,20,21). The van der Waals surface area contributed by atoms with Crippen LogP contribution in [-0.4, -0.2) is 53.6 Å². The van der Waals surface area contributed by atoms with E-state index in [1.54, 1.807) is 18.2 Å². The highest BCUT2D eigenvalue weighted by Crippen LogP contribution is 2.24. The van der Waals surface area contributed by atoms with E-state index in [2.05, 4.69) is 15.3 Å². The third-order valence-corrected chi connectivity index (χ3v) is 6.22. The predicted octanol–water partition coefficient (Wildman–Crippen LogP) is 2.24. The largest absolute Gasteiger partial charge is 0.478 e. The van der Waals surface area contributed by atoms with E-state index in [0.717, 1.165) is 5.69 Å². The maximum Gasteiger partial charge on any atom is 0.335 e. The molecule has 1 aliphatic rings. The molecule has 3 rings (SSSR count). The summed E-state index contributed by atoms with van der Waals surface area (Å²) < 4.78 is 23.7. The van der Waals surface area contributed by atoms with E-state index in [0.29, 0.717) is 30.4 Å². The van der Waals surface area contributed by atoms with Crippen molar-refractivity contribution in [1.29, 1.82) is 0 Å². The average Bonchev–Trinajstić information content (AvgIpc) is 2.95. The SMILES string of the molecule is CCN(c1nc(C)cc(Nc2cccc(C(=O)O)c2)n1)C1CCS(=O)(=O)C1. The van der Waals surface area contributed by atoms with Crippen molar-refractivity contribution in [3.8, 4) is 0 Å². The van der Waals surface area contributed by atoms with E-state index in [9.17, 15) is 13.2 Å². The van der Waals surface area contributed by atoms with E-state index in [-0.39, 0.29) is 23.1 Å². The summed E-state index contributed by atoms with van der Waals surface area (Å²) in [5.74, 6) is 0.294. The number of benzene rings is 1. The van der Waals surface area contributed by atoms with Gasteiger partial charge in [-0.1, -0.05) is 6.07 Å². The quantitative estimate of drug-likeness (QED) is 0.772. The van der Waals surface area contributed by atoms with E-state index < -0.39 is 15.8 Å². The van der Waals surface area contributed by atoms with Gasteiger partial charge in [0.2, 0.25) is 5.95 Å². The molecule has 1 saturated heterocycles. The highest BCUT2D eigenvalue weighted by molar-refractivity contribution is 7.91. The third kappa shape index (κ3) is 4.54. The van der Waals surface area contributed by atoms with Crippen molar-refractivity contribution in [2.45, 2.75) is 26.3 Å². The topological polar surface area (TPSA) is 112 Å². The van der Waals surface area contributed by atoms with Gasteiger partial charge in [-0.15, -0.1) is 0 Å². The van der Waals surface area contributed by atoms with Crippen molar-refractivity contribution >= 4 is 33.3 Å². The van der Waals surface area contributed by atoms with Crippen LogP contribution in [0.3, 0.4) is 0 Å². The van der Waals surface area contributed by atoms with Gasteiger partial charge in [0.15, 0.2) is 9.84 Å². The van der Waals surface area contributed by atoms with Gasteiger partial charge in [0, 0.05) is 30.0 Å². The van der Waals surface area contributed by atoms with E-state index in [1.807, 2.05) is 18.7 Å². The van der Waals surface area contributed by atoms with Gasteiger partial charge >= 0.3 is 5.97 Å². The summed E-state index contributed by atoms with van der Waals surface area (Å²) in [4.78, 5) is 22.0. The van der Waals surface area contributed by atoms with Crippen molar-refractivity contribution in [2.75, 3.05) is 28.3 Å². The number of anilines is 3. The fraction of sp³-hybridized carbons (Fsp3) is 0.389. The second-order valence-corrected chi connectivity index (χ2v) is 8.78. The first-order chi connectivity index (χ1) is 12.8. The normalized spacial score (nSPS) is 18.2. The minimum atomic E-state index is -3.01. The number of aromatic nitrogens is 2. The molecule has 0 aliphatic carbocycles. The Balaban J connectivity index is 1.87. The number of aromatic carboxylic acids is 1. The van der Waals surface area contributed by atoms with Crippen LogP contribution in [0.1, 0.15) is 29.4 Å². The molecule has 1 unspecified atom stereocenters. The zero-order valence-corrected chi connectivity index (χ0v) is 16.0. The number of nitrogens with one attached hydrogen (secondary N) is 1. The number of hydrogen-bond donors (Lipinski definition) is 2. The predicted molar refractivity (Wildman–Crippen MR) is 104 cm³/mol. The van der Waals surface area contributed by atoms with Crippen LogP contribution >= 0.6 is 0 Å². The summed E-state index contributed by atoms with van der Waals surface area (Å²) >= 11 is 0. The number of carboxylic acids is 1. The molecule has 27 heavy (non-hydrogen) atoms. The average molecular weight is 390 g/mol. The Bertz CT molecular complexity index is 962. The lowest BCUT2D eigenvalue weighted by Gasteiger charge is -2.27. The van der Waals surface area contributed by atoms with Crippen LogP contribution in [-0.2, 0) is 9.84 Å². The van der Waals surface area contributed by atoms with Gasteiger partial charge in [-0.2, -0.15) is 4.98 Å². The minimum absolute atomic E-state index is 0.113. The molecule has 0 spiro atoms. The molecule has 0 bridgehead atoms. The smallest absolute Gasteiger partial charge is 0.335 e. The number of carboxylic acid groups (broad SMARTS) is 1. The summed E-state index contributed by atoms with van der Waals surface area (Å²) in [6.45, 7) is 4.38. The molecule has 144 valence electrons. The molecule has 8 nitrogen and oxygen atoms in total. The maximum absolute atomic E-state index is 11.8. The van der Waals surface area contributed by atoms with Crippen LogP contribution in [0.15, 0.2) is 30.3 Å². The van der Waals surface area contributed by atoms with Crippen molar-refractivity contribution in [1.82, 2.24) is 9.97 Å². The molecule has 1 aliphatic heterocycles. The highest BCUT2D eigenvalue weighted by atomic mass is 32.2. The van der Waals surface area contributed by atoms with Crippen LogP contribution in [0.25, 0.3) is 0 Å². The minimum Gasteiger partial charge on any atom is -0.478 e.